The minimum Gasteiger partial charge on any atom is -0.433 e. The van der Waals surface area contributed by atoms with Crippen molar-refractivity contribution in [3.05, 3.63) is 24.3 Å². The van der Waals surface area contributed by atoms with E-state index < -0.39 is 6.61 Å². The molecule has 1 atom stereocenters. The highest BCUT2D eigenvalue weighted by molar-refractivity contribution is 7.99. The third-order valence-electron chi connectivity index (χ3n) is 3.55. The van der Waals surface area contributed by atoms with Crippen molar-refractivity contribution >= 4 is 17.4 Å². The molecule has 2 rings (SSSR count). The Hall–Kier alpha value is -0.970. The molecule has 0 aromatic heterocycles. The predicted octanol–water partition coefficient (Wildman–Crippen LogP) is 4.23. The van der Waals surface area contributed by atoms with Gasteiger partial charge in [0.2, 0.25) is 0 Å². The van der Waals surface area contributed by atoms with Crippen LogP contribution in [0, 0.1) is 5.41 Å². The molecule has 0 radical (unpaired) electrons. The Labute approximate surface area is 116 Å². The summed E-state index contributed by atoms with van der Waals surface area (Å²) in [7, 11) is 0. The van der Waals surface area contributed by atoms with E-state index in [1.165, 1.54) is 0 Å². The molecule has 1 saturated heterocycles. The molecule has 1 aromatic carbocycles. The molecule has 1 unspecified atom stereocenters. The molecule has 0 spiro atoms. The van der Waals surface area contributed by atoms with E-state index in [-0.39, 0.29) is 17.2 Å². The lowest BCUT2D eigenvalue weighted by atomic mass is 9.82. The van der Waals surface area contributed by atoms with Crippen molar-refractivity contribution < 1.29 is 13.5 Å². The Morgan fingerprint density at radius 2 is 2.11 bits per heavy atom. The first-order chi connectivity index (χ1) is 8.99. The van der Waals surface area contributed by atoms with Crippen LogP contribution in [0.15, 0.2) is 24.3 Å². The number of rotatable bonds is 4. The van der Waals surface area contributed by atoms with Gasteiger partial charge in [0.15, 0.2) is 0 Å². The van der Waals surface area contributed by atoms with Crippen molar-refractivity contribution in [3.8, 4) is 5.75 Å². The summed E-state index contributed by atoms with van der Waals surface area (Å²) in [6.07, 6.45) is 1.12. The zero-order chi connectivity index (χ0) is 13.9. The fraction of sp³-hybridized carbons (Fsp3) is 0.571. The van der Waals surface area contributed by atoms with Gasteiger partial charge in [0, 0.05) is 11.8 Å². The average molecular weight is 287 g/mol. The number of thioether (sulfide) groups is 1. The van der Waals surface area contributed by atoms with Crippen molar-refractivity contribution in [1.29, 1.82) is 0 Å². The quantitative estimate of drug-likeness (QED) is 0.895. The fourth-order valence-electron chi connectivity index (χ4n) is 2.15. The summed E-state index contributed by atoms with van der Waals surface area (Å²) >= 11 is 1.89. The van der Waals surface area contributed by atoms with Crippen LogP contribution in [0.4, 0.5) is 14.5 Å². The normalized spacial score (nSPS) is 22.3. The summed E-state index contributed by atoms with van der Waals surface area (Å²) in [4.78, 5) is 0. The van der Waals surface area contributed by atoms with Gasteiger partial charge in [0.05, 0.1) is 5.69 Å². The summed E-state index contributed by atoms with van der Waals surface area (Å²) in [6, 6.07) is 7.13. The van der Waals surface area contributed by atoms with Gasteiger partial charge in [-0.25, -0.2) is 0 Å². The van der Waals surface area contributed by atoms with E-state index in [9.17, 15) is 8.78 Å². The van der Waals surface area contributed by atoms with E-state index in [2.05, 4.69) is 23.9 Å². The van der Waals surface area contributed by atoms with Gasteiger partial charge < -0.3 is 10.1 Å². The van der Waals surface area contributed by atoms with Gasteiger partial charge >= 0.3 is 6.61 Å². The number of hydrogen-bond acceptors (Lipinski definition) is 3. The van der Waals surface area contributed by atoms with E-state index in [0.717, 1.165) is 17.9 Å². The van der Waals surface area contributed by atoms with Gasteiger partial charge in [0.25, 0.3) is 0 Å². The van der Waals surface area contributed by atoms with Gasteiger partial charge in [-0.3, -0.25) is 0 Å². The second-order valence-corrected chi connectivity index (χ2v) is 6.53. The van der Waals surface area contributed by atoms with Crippen LogP contribution < -0.4 is 10.1 Å². The number of hydrogen-bond donors (Lipinski definition) is 1. The van der Waals surface area contributed by atoms with Gasteiger partial charge in [-0.2, -0.15) is 20.5 Å². The first-order valence-corrected chi connectivity index (χ1v) is 7.52. The van der Waals surface area contributed by atoms with Gasteiger partial charge in [0.1, 0.15) is 5.75 Å². The van der Waals surface area contributed by atoms with Crippen LogP contribution >= 0.6 is 11.8 Å². The van der Waals surface area contributed by atoms with Crippen molar-refractivity contribution in [3.63, 3.8) is 0 Å². The lowest BCUT2D eigenvalue weighted by Gasteiger charge is -2.39. The standard InChI is InChI=1S/C14H19F2NOS/c1-14(2)7-8-19-9-12(14)17-10-5-3-4-6-11(10)18-13(15)16/h3-6,12-13,17H,7-9H2,1-2H3. The number of halogens is 2. The molecule has 0 amide bonds. The Morgan fingerprint density at radius 3 is 2.79 bits per heavy atom. The zero-order valence-electron chi connectivity index (χ0n) is 11.2. The molecule has 1 aliphatic heterocycles. The van der Waals surface area contributed by atoms with Gasteiger partial charge in [-0.05, 0) is 29.7 Å². The van der Waals surface area contributed by atoms with Gasteiger partial charge in [-0.1, -0.05) is 26.0 Å². The summed E-state index contributed by atoms with van der Waals surface area (Å²) in [6.45, 7) is 1.62. The first kappa shape index (κ1) is 14.4. The summed E-state index contributed by atoms with van der Waals surface area (Å²) < 4.78 is 29.3. The predicted molar refractivity (Wildman–Crippen MR) is 76.2 cm³/mol. The molecule has 1 N–H and O–H groups in total. The largest absolute Gasteiger partial charge is 0.433 e. The lowest BCUT2D eigenvalue weighted by Crippen LogP contribution is -2.41. The molecular formula is C14H19F2NOS. The van der Waals surface area contributed by atoms with E-state index >= 15 is 0 Å². The first-order valence-electron chi connectivity index (χ1n) is 6.37. The molecular weight excluding hydrogens is 268 g/mol. The van der Waals surface area contributed by atoms with Crippen molar-refractivity contribution in [2.45, 2.75) is 32.9 Å². The molecule has 1 aromatic rings. The summed E-state index contributed by atoms with van der Waals surface area (Å²) in [5, 5.41) is 3.37. The summed E-state index contributed by atoms with van der Waals surface area (Å²) in [5.74, 6) is 2.35. The Morgan fingerprint density at radius 1 is 1.37 bits per heavy atom. The van der Waals surface area contributed by atoms with Crippen LogP contribution in [0.5, 0.6) is 5.75 Å². The maximum Gasteiger partial charge on any atom is 0.387 e. The monoisotopic (exact) mass is 287 g/mol. The highest BCUT2D eigenvalue weighted by atomic mass is 32.2. The van der Waals surface area contributed by atoms with Crippen molar-refractivity contribution in [2.75, 3.05) is 16.8 Å². The summed E-state index contributed by atoms with van der Waals surface area (Å²) in [5.41, 5.74) is 0.798. The van der Waals surface area contributed by atoms with E-state index in [1.807, 2.05) is 17.8 Å². The molecule has 0 bridgehead atoms. The number of alkyl halides is 2. The minimum atomic E-state index is -2.79. The molecule has 1 fully saturated rings. The van der Waals surface area contributed by atoms with Crippen molar-refractivity contribution in [2.24, 2.45) is 5.41 Å². The van der Waals surface area contributed by atoms with E-state index in [4.69, 9.17) is 0 Å². The second-order valence-electron chi connectivity index (χ2n) is 5.39. The SMILES string of the molecule is CC1(C)CCSCC1Nc1ccccc1OC(F)F. The maximum absolute atomic E-state index is 12.4. The van der Waals surface area contributed by atoms with Crippen LogP contribution in [-0.4, -0.2) is 24.2 Å². The Balaban J connectivity index is 2.13. The lowest BCUT2D eigenvalue weighted by molar-refractivity contribution is -0.0494. The highest BCUT2D eigenvalue weighted by Gasteiger charge is 2.33. The molecule has 0 saturated carbocycles. The maximum atomic E-state index is 12.4. The Bertz CT molecular complexity index is 426. The topological polar surface area (TPSA) is 21.3 Å². The number of benzene rings is 1. The number of nitrogens with one attached hydrogen (secondary N) is 1. The minimum absolute atomic E-state index is 0.156. The molecule has 0 aliphatic carbocycles. The van der Waals surface area contributed by atoms with Crippen LogP contribution in [0.2, 0.25) is 0 Å². The number of ether oxygens (including phenoxy) is 1. The fourth-order valence-corrected chi connectivity index (χ4v) is 3.75. The second kappa shape index (κ2) is 5.99. The number of anilines is 1. The molecule has 19 heavy (non-hydrogen) atoms. The zero-order valence-corrected chi connectivity index (χ0v) is 12.0. The van der Waals surface area contributed by atoms with E-state index in [1.54, 1.807) is 18.2 Å². The molecule has 2 nitrogen and oxygen atoms in total. The third-order valence-corrected chi connectivity index (χ3v) is 4.61. The Kier molecular flexibility index (Phi) is 4.55. The smallest absolute Gasteiger partial charge is 0.387 e. The van der Waals surface area contributed by atoms with Crippen LogP contribution in [0.3, 0.4) is 0 Å². The van der Waals surface area contributed by atoms with E-state index in [0.29, 0.717) is 5.69 Å². The van der Waals surface area contributed by atoms with Crippen LogP contribution in [0.1, 0.15) is 20.3 Å². The average Bonchev–Trinajstić information content (AvgIpc) is 2.33. The molecule has 106 valence electrons. The van der Waals surface area contributed by atoms with Crippen molar-refractivity contribution in [1.82, 2.24) is 0 Å². The third kappa shape index (κ3) is 3.75. The molecule has 1 aliphatic rings. The van der Waals surface area contributed by atoms with Crippen LogP contribution in [-0.2, 0) is 0 Å². The number of para-hydroxylation sites is 2. The highest BCUT2D eigenvalue weighted by Crippen LogP contribution is 2.37. The molecule has 1 heterocycles. The van der Waals surface area contributed by atoms with Gasteiger partial charge in [-0.15, -0.1) is 0 Å². The molecule has 5 heteroatoms. The van der Waals surface area contributed by atoms with Crippen LogP contribution in [0.25, 0.3) is 0 Å².